The Morgan fingerprint density at radius 2 is 1.18 bits per heavy atom. The molecule has 0 saturated heterocycles. The van der Waals surface area contributed by atoms with Crippen LogP contribution in [0.2, 0.25) is 0 Å². The van der Waals surface area contributed by atoms with Gasteiger partial charge in [0.25, 0.3) is 0 Å². The Morgan fingerprint density at radius 3 is 1.70 bits per heavy atom. The Labute approximate surface area is 259 Å². The lowest BCUT2D eigenvalue weighted by Gasteiger charge is -2.20. The molecule has 0 aliphatic rings. The molecule has 3 aromatic rings. The van der Waals surface area contributed by atoms with Crippen LogP contribution in [0, 0.1) is 0 Å². The lowest BCUT2D eigenvalue weighted by molar-refractivity contribution is -0.150. The van der Waals surface area contributed by atoms with E-state index in [1.54, 1.807) is 0 Å². The summed E-state index contributed by atoms with van der Waals surface area (Å²) in [5.41, 5.74) is 2.55. The minimum Gasteiger partial charge on any atom is -0.460 e. The van der Waals surface area contributed by atoms with Crippen LogP contribution in [-0.2, 0) is 57.3 Å². The fourth-order valence-corrected chi connectivity index (χ4v) is 4.88. The molecule has 44 heavy (non-hydrogen) atoms. The highest BCUT2D eigenvalue weighted by Crippen LogP contribution is 2.26. The zero-order valence-electron chi connectivity index (χ0n) is 24.9. The average Bonchev–Trinajstić information content (AvgIpc) is 3.06. The topological polar surface area (TPSA) is 129 Å². The number of rotatable bonds is 20. The third-order valence-corrected chi connectivity index (χ3v) is 7.34. The number of hydrogen-bond donors (Lipinski definition) is 2. The SMILES string of the molecule is CCNC(CCC(=O)N[C@H](CCCO[PH](=O)OCc1ccccc1)C(=O)OCc1ccccc1)C(=O)OCc1ccccc1. The van der Waals surface area contributed by atoms with E-state index in [0.29, 0.717) is 13.0 Å². The lowest BCUT2D eigenvalue weighted by atomic mass is 10.1. The van der Waals surface area contributed by atoms with Crippen LogP contribution in [0.5, 0.6) is 0 Å². The first-order valence-corrected chi connectivity index (χ1v) is 15.9. The lowest BCUT2D eigenvalue weighted by Crippen LogP contribution is -2.43. The van der Waals surface area contributed by atoms with Crippen molar-refractivity contribution in [3.63, 3.8) is 0 Å². The molecule has 3 atom stereocenters. The maximum absolute atomic E-state index is 13.0. The highest BCUT2D eigenvalue weighted by atomic mass is 31.1. The van der Waals surface area contributed by atoms with Crippen molar-refractivity contribution < 1.29 is 37.5 Å². The molecule has 3 rings (SSSR count). The van der Waals surface area contributed by atoms with E-state index in [1.165, 1.54) is 0 Å². The zero-order valence-corrected chi connectivity index (χ0v) is 25.9. The Balaban J connectivity index is 1.49. The third-order valence-electron chi connectivity index (χ3n) is 6.52. The van der Waals surface area contributed by atoms with Crippen LogP contribution in [0.15, 0.2) is 91.0 Å². The maximum Gasteiger partial charge on any atom is 0.328 e. The van der Waals surface area contributed by atoms with Crippen LogP contribution >= 0.6 is 8.25 Å². The first-order valence-electron chi connectivity index (χ1n) is 14.7. The zero-order chi connectivity index (χ0) is 31.4. The van der Waals surface area contributed by atoms with Crippen molar-refractivity contribution in [1.29, 1.82) is 0 Å². The smallest absolute Gasteiger partial charge is 0.328 e. The van der Waals surface area contributed by atoms with E-state index in [4.69, 9.17) is 18.5 Å². The van der Waals surface area contributed by atoms with Gasteiger partial charge in [0.2, 0.25) is 5.91 Å². The summed E-state index contributed by atoms with van der Waals surface area (Å²) in [5, 5.41) is 5.79. The van der Waals surface area contributed by atoms with Crippen LogP contribution in [0.4, 0.5) is 0 Å². The Hall–Kier alpha value is -3.82. The van der Waals surface area contributed by atoms with Gasteiger partial charge in [0.15, 0.2) is 0 Å². The summed E-state index contributed by atoms with van der Waals surface area (Å²) >= 11 is 0. The van der Waals surface area contributed by atoms with Crippen LogP contribution in [-0.4, -0.2) is 43.1 Å². The number of benzene rings is 3. The highest BCUT2D eigenvalue weighted by Gasteiger charge is 2.25. The van der Waals surface area contributed by atoms with Gasteiger partial charge < -0.3 is 29.2 Å². The Kier molecular flexibility index (Phi) is 15.9. The molecule has 2 N–H and O–H groups in total. The number of nitrogens with one attached hydrogen (secondary N) is 2. The second-order valence-corrected chi connectivity index (χ2v) is 11.0. The third kappa shape index (κ3) is 13.7. The minimum absolute atomic E-state index is 0.0158. The first-order chi connectivity index (χ1) is 21.4. The normalized spacial score (nSPS) is 12.9. The quantitative estimate of drug-likeness (QED) is 0.1000. The fourth-order valence-electron chi connectivity index (χ4n) is 4.20. The minimum atomic E-state index is -2.73. The van der Waals surface area contributed by atoms with Crippen LogP contribution < -0.4 is 10.6 Å². The molecule has 0 aliphatic heterocycles. The molecule has 1 amide bonds. The highest BCUT2D eigenvalue weighted by molar-refractivity contribution is 7.33. The van der Waals surface area contributed by atoms with E-state index in [1.807, 2.05) is 97.9 Å². The van der Waals surface area contributed by atoms with Crippen molar-refractivity contribution in [2.45, 2.75) is 64.5 Å². The van der Waals surface area contributed by atoms with Crippen molar-refractivity contribution in [2.75, 3.05) is 13.2 Å². The number of carbonyl (C=O) groups excluding carboxylic acids is 3. The summed E-state index contributed by atoms with van der Waals surface area (Å²) in [7, 11) is -2.73. The van der Waals surface area contributed by atoms with Gasteiger partial charge in [0.05, 0.1) is 13.2 Å². The van der Waals surface area contributed by atoms with Crippen LogP contribution in [0.3, 0.4) is 0 Å². The second kappa shape index (κ2) is 20.2. The van der Waals surface area contributed by atoms with Crippen molar-refractivity contribution >= 4 is 26.1 Å². The van der Waals surface area contributed by atoms with Crippen LogP contribution in [0.1, 0.15) is 49.3 Å². The monoisotopic (exact) mass is 624 g/mol. The van der Waals surface area contributed by atoms with Gasteiger partial charge in [-0.2, -0.15) is 0 Å². The predicted octanol–water partition coefficient (Wildman–Crippen LogP) is 5.12. The molecule has 3 aromatic carbocycles. The summed E-state index contributed by atoms with van der Waals surface area (Å²) in [6, 6.07) is 26.2. The number of amides is 1. The maximum atomic E-state index is 13.0. The van der Waals surface area contributed by atoms with Gasteiger partial charge in [-0.1, -0.05) is 97.9 Å². The summed E-state index contributed by atoms with van der Waals surface area (Å²) in [6.45, 7) is 2.80. The van der Waals surface area contributed by atoms with Crippen molar-refractivity contribution in [3.8, 4) is 0 Å². The molecule has 0 bridgehead atoms. The molecule has 2 unspecified atom stereocenters. The van der Waals surface area contributed by atoms with Crippen LogP contribution in [0.25, 0.3) is 0 Å². The fraction of sp³-hybridized carbons (Fsp3) is 0.364. The Morgan fingerprint density at radius 1 is 0.682 bits per heavy atom. The molecule has 0 aliphatic carbocycles. The van der Waals surface area contributed by atoms with E-state index in [9.17, 15) is 18.9 Å². The van der Waals surface area contributed by atoms with Gasteiger partial charge in [-0.3, -0.25) is 14.2 Å². The Bertz CT molecular complexity index is 1290. The number of likely N-dealkylation sites (N-methyl/N-ethyl adjacent to an activating group) is 1. The molecule has 10 nitrogen and oxygen atoms in total. The summed E-state index contributed by atoms with van der Waals surface area (Å²) < 4.78 is 33.7. The largest absolute Gasteiger partial charge is 0.460 e. The predicted molar refractivity (Wildman–Crippen MR) is 167 cm³/mol. The molecule has 0 spiro atoms. The van der Waals surface area contributed by atoms with Crippen molar-refractivity contribution in [3.05, 3.63) is 108 Å². The van der Waals surface area contributed by atoms with Gasteiger partial charge in [0, 0.05) is 6.42 Å². The second-order valence-electron chi connectivity index (χ2n) is 9.97. The molecular formula is C33H41N2O8P. The number of esters is 2. The molecule has 11 heteroatoms. The molecule has 0 radical (unpaired) electrons. The number of carbonyl (C=O) groups is 3. The molecular weight excluding hydrogens is 583 g/mol. The van der Waals surface area contributed by atoms with Gasteiger partial charge in [0.1, 0.15) is 25.3 Å². The molecule has 0 aromatic heterocycles. The van der Waals surface area contributed by atoms with Crippen molar-refractivity contribution in [2.24, 2.45) is 0 Å². The number of hydrogen-bond acceptors (Lipinski definition) is 9. The summed E-state index contributed by atoms with van der Waals surface area (Å²) in [4.78, 5) is 38.6. The van der Waals surface area contributed by atoms with E-state index in [-0.39, 0.29) is 45.7 Å². The summed E-state index contributed by atoms with van der Waals surface area (Å²) in [6.07, 6.45) is 0.687. The molecule has 0 saturated carbocycles. The van der Waals surface area contributed by atoms with Gasteiger partial charge in [-0.15, -0.1) is 0 Å². The van der Waals surface area contributed by atoms with E-state index >= 15 is 0 Å². The average molecular weight is 625 g/mol. The molecule has 236 valence electrons. The summed E-state index contributed by atoms with van der Waals surface area (Å²) in [5.74, 6) is -1.46. The van der Waals surface area contributed by atoms with E-state index in [0.717, 1.165) is 16.7 Å². The first kappa shape index (κ1) is 34.7. The molecule has 0 heterocycles. The molecule has 0 fully saturated rings. The van der Waals surface area contributed by atoms with Crippen molar-refractivity contribution in [1.82, 2.24) is 10.6 Å². The van der Waals surface area contributed by atoms with Gasteiger partial charge >= 0.3 is 20.2 Å². The number of ether oxygens (including phenoxy) is 2. The van der Waals surface area contributed by atoms with Gasteiger partial charge in [-0.25, -0.2) is 4.79 Å². The van der Waals surface area contributed by atoms with E-state index in [2.05, 4.69) is 10.6 Å². The van der Waals surface area contributed by atoms with E-state index < -0.39 is 38.2 Å². The standard InChI is InChI=1S/C33H41N2O8P/c1-2-34-29(32(37)40-23-26-13-6-3-7-14-26)20-21-31(36)35-30(33(38)41-24-27-15-8-4-9-16-27)19-12-22-42-44(39)43-25-28-17-10-5-11-18-28/h3-11,13-18,29-30,34,44H,2,12,19-25H2,1H3,(H,35,36)/t29?,30-/m1/s1. The van der Waals surface area contributed by atoms with Gasteiger partial charge in [-0.05, 0) is 42.5 Å².